The maximum atomic E-state index is 14.1. The van der Waals surface area contributed by atoms with E-state index in [-0.39, 0.29) is 23.1 Å². The molecule has 0 bridgehead atoms. The summed E-state index contributed by atoms with van der Waals surface area (Å²) in [7, 11) is 0. The third-order valence-electron chi connectivity index (χ3n) is 3.90. The molecule has 23 heavy (non-hydrogen) atoms. The molecule has 120 valence electrons. The van der Waals surface area contributed by atoms with Crippen molar-refractivity contribution in [3.63, 3.8) is 0 Å². The van der Waals surface area contributed by atoms with Crippen molar-refractivity contribution in [2.45, 2.75) is 31.8 Å². The van der Waals surface area contributed by atoms with E-state index in [0.717, 1.165) is 25.7 Å². The van der Waals surface area contributed by atoms with Crippen molar-refractivity contribution in [2.75, 3.05) is 5.32 Å². The summed E-state index contributed by atoms with van der Waals surface area (Å²) in [6, 6.07) is 9.87. The zero-order valence-corrected chi connectivity index (χ0v) is 12.5. The molecule has 1 aliphatic carbocycles. The molecule has 0 radical (unpaired) electrons. The van der Waals surface area contributed by atoms with Crippen LogP contribution in [0.15, 0.2) is 42.5 Å². The summed E-state index contributed by atoms with van der Waals surface area (Å²) in [4.78, 5) is 12.0. The Morgan fingerprint density at radius 2 is 1.78 bits per heavy atom. The van der Waals surface area contributed by atoms with Crippen LogP contribution in [0, 0.1) is 11.6 Å². The molecule has 0 aliphatic heterocycles. The van der Waals surface area contributed by atoms with E-state index in [4.69, 9.17) is 4.74 Å². The van der Waals surface area contributed by atoms with Gasteiger partial charge >= 0.3 is 0 Å². The van der Waals surface area contributed by atoms with E-state index in [1.807, 2.05) is 0 Å². The minimum atomic E-state index is -0.619. The van der Waals surface area contributed by atoms with Crippen molar-refractivity contribution >= 4 is 11.6 Å². The number of amides is 1. The second kappa shape index (κ2) is 6.77. The summed E-state index contributed by atoms with van der Waals surface area (Å²) in [5.41, 5.74) is 0.175. The highest BCUT2D eigenvalue weighted by Gasteiger charge is 2.18. The molecule has 1 aliphatic rings. The smallest absolute Gasteiger partial charge is 0.258 e. The summed E-state index contributed by atoms with van der Waals surface area (Å²) >= 11 is 0. The minimum Gasteiger partial charge on any atom is -0.487 e. The zero-order valence-electron chi connectivity index (χ0n) is 12.5. The van der Waals surface area contributed by atoms with Gasteiger partial charge in [0.25, 0.3) is 5.91 Å². The Morgan fingerprint density at radius 1 is 1.04 bits per heavy atom. The van der Waals surface area contributed by atoms with Crippen LogP contribution in [0.2, 0.25) is 0 Å². The Balaban J connectivity index is 1.70. The lowest BCUT2D eigenvalue weighted by atomic mass is 10.2. The number of halogens is 2. The fourth-order valence-electron chi connectivity index (χ4n) is 2.70. The summed E-state index contributed by atoms with van der Waals surface area (Å²) in [6.45, 7) is 0. The topological polar surface area (TPSA) is 38.3 Å². The van der Waals surface area contributed by atoms with Crippen molar-refractivity contribution in [1.29, 1.82) is 0 Å². The lowest BCUT2D eigenvalue weighted by Gasteiger charge is -2.14. The van der Waals surface area contributed by atoms with Crippen LogP contribution in [-0.2, 0) is 0 Å². The predicted octanol–water partition coefficient (Wildman–Crippen LogP) is 4.54. The minimum absolute atomic E-state index is 0.0587. The molecule has 2 aromatic carbocycles. The average molecular weight is 317 g/mol. The van der Waals surface area contributed by atoms with Gasteiger partial charge in [-0.05, 0) is 49.9 Å². The van der Waals surface area contributed by atoms with Crippen molar-refractivity contribution in [3.8, 4) is 5.75 Å². The number of carbonyl (C=O) groups excluding carboxylic acids is 1. The quantitative estimate of drug-likeness (QED) is 0.899. The van der Waals surface area contributed by atoms with Crippen LogP contribution in [0.4, 0.5) is 14.5 Å². The maximum Gasteiger partial charge on any atom is 0.258 e. The van der Waals surface area contributed by atoms with Crippen LogP contribution in [0.3, 0.4) is 0 Å². The van der Waals surface area contributed by atoms with E-state index < -0.39 is 17.5 Å². The molecule has 1 fully saturated rings. The fraction of sp³-hybridized carbons (Fsp3) is 0.278. The van der Waals surface area contributed by atoms with E-state index >= 15 is 0 Å². The fourth-order valence-corrected chi connectivity index (χ4v) is 2.70. The summed E-state index contributed by atoms with van der Waals surface area (Å²) in [5, 5.41) is 2.49. The molecule has 0 spiro atoms. The van der Waals surface area contributed by atoms with Crippen LogP contribution in [0.1, 0.15) is 36.0 Å². The molecule has 0 unspecified atom stereocenters. The van der Waals surface area contributed by atoms with Crippen LogP contribution < -0.4 is 10.1 Å². The van der Waals surface area contributed by atoms with Gasteiger partial charge in [0.2, 0.25) is 0 Å². The monoisotopic (exact) mass is 317 g/mol. The van der Waals surface area contributed by atoms with Crippen molar-refractivity contribution in [3.05, 3.63) is 59.7 Å². The van der Waals surface area contributed by atoms with Crippen molar-refractivity contribution in [1.82, 2.24) is 0 Å². The molecule has 1 saturated carbocycles. The Morgan fingerprint density at radius 3 is 2.48 bits per heavy atom. The zero-order chi connectivity index (χ0) is 16.2. The average Bonchev–Trinajstić information content (AvgIpc) is 3.03. The molecule has 1 amide bonds. The highest BCUT2D eigenvalue weighted by atomic mass is 19.1. The molecule has 0 atom stereocenters. The molecular weight excluding hydrogens is 300 g/mol. The Kier molecular flexibility index (Phi) is 4.55. The molecule has 0 heterocycles. The van der Waals surface area contributed by atoms with Gasteiger partial charge in [-0.3, -0.25) is 4.79 Å². The normalized spacial score (nSPS) is 14.7. The van der Waals surface area contributed by atoms with Crippen molar-refractivity contribution < 1.29 is 18.3 Å². The lowest BCUT2D eigenvalue weighted by molar-refractivity contribution is 0.102. The van der Waals surface area contributed by atoms with Gasteiger partial charge in [-0.1, -0.05) is 12.1 Å². The Bertz CT molecular complexity index is 712. The first-order valence-electron chi connectivity index (χ1n) is 7.65. The van der Waals surface area contributed by atoms with E-state index in [9.17, 15) is 13.6 Å². The molecule has 3 rings (SSSR count). The van der Waals surface area contributed by atoms with Gasteiger partial charge in [0.05, 0.1) is 11.7 Å². The molecule has 0 saturated heterocycles. The number of ether oxygens (including phenoxy) is 1. The number of hydrogen-bond acceptors (Lipinski definition) is 2. The third kappa shape index (κ3) is 3.67. The van der Waals surface area contributed by atoms with E-state index in [1.54, 1.807) is 12.1 Å². The molecule has 5 heteroatoms. The number of anilines is 1. The first kappa shape index (κ1) is 15.5. The highest BCUT2D eigenvalue weighted by Crippen LogP contribution is 2.27. The van der Waals surface area contributed by atoms with Gasteiger partial charge in [-0.2, -0.15) is 0 Å². The van der Waals surface area contributed by atoms with Crippen LogP contribution in [-0.4, -0.2) is 12.0 Å². The summed E-state index contributed by atoms with van der Waals surface area (Å²) in [5.74, 6) is -1.59. The molecule has 1 N–H and O–H groups in total. The van der Waals surface area contributed by atoms with Gasteiger partial charge in [-0.15, -0.1) is 0 Å². The number of rotatable bonds is 4. The van der Waals surface area contributed by atoms with Gasteiger partial charge < -0.3 is 10.1 Å². The highest BCUT2D eigenvalue weighted by molar-refractivity contribution is 6.04. The third-order valence-corrected chi connectivity index (χ3v) is 3.90. The van der Waals surface area contributed by atoms with E-state index in [1.165, 1.54) is 30.3 Å². The first-order chi connectivity index (χ1) is 11.1. The van der Waals surface area contributed by atoms with Gasteiger partial charge in [-0.25, -0.2) is 8.78 Å². The number of benzene rings is 2. The van der Waals surface area contributed by atoms with Gasteiger partial charge in [0.1, 0.15) is 5.82 Å². The molecule has 0 aromatic heterocycles. The van der Waals surface area contributed by atoms with E-state index in [0.29, 0.717) is 0 Å². The van der Waals surface area contributed by atoms with Crippen LogP contribution >= 0.6 is 0 Å². The second-order valence-corrected chi connectivity index (χ2v) is 5.60. The Labute approximate surface area is 133 Å². The standard InChI is InChI=1S/C18H17F2NO2/c19-15-8-4-3-7-14(15)18(22)21-12-9-10-17(16(20)11-12)23-13-5-1-2-6-13/h3-4,7-11,13H,1-2,5-6H2,(H,21,22). The number of nitrogens with one attached hydrogen (secondary N) is 1. The first-order valence-corrected chi connectivity index (χ1v) is 7.65. The lowest BCUT2D eigenvalue weighted by Crippen LogP contribution is -2.14. The van der Waals surface area contributed by atoms with Gasteiger partial charge in [0.15, 0.2) is 11.6 Å². The summed E-state index contributed by atoms with van der Waals surface area (Å²) < 4.78 is 33.3. The largest absolute Gasteiger partial charge is 0.487 e. The van der Waals surface area contributed by atoms with Crippen LogP contribution in [0.25, 0.3) is 0 Å². The second-order valence-electron chi connectivity index (χ2n) is 5.60. The predicted molar refractivity (Wildman–Crippen MR) is 83.6 cm³/mol. The molecule has 2 aromatic rings. The molecular formula is C18H17F2NO2. The van der Waals surface area contributed by atoms with Crippen molar-refractivity contribution in [2.24, 2.45) is 0 Å². The van der Waals surface area contributed by atoms with Crippen LogP contribution in [0.5, 0.6) is 5.75 Å². The summed E-state index contributed by atoms with van der Waals surface area (Å²) in [6.07, 6.45) is 4.13. The van der Waals surface area contributed by atoms with E-state index in [2.05, 4.69) is 5.32 Å². The molecule has 3 nitrogen and oxygen atoms in total. The number of hydrogen-bond donors (Lipinski definition) is 1. The maximum absolute atomic E-state index is 14.1. The number of carbonyl (C=O) groups is 1. The Hall–Kier alpha value is -2.43. The SMILES string of the molecule is O=C(Nc1ccc(OC2CCCC2)c(F)c1)c1ccccc1F. The van der Waals surface area contributed by atoms with Gasteiger partial charge in [0, 0.05) is 11.8 Å².